The van der Waals surface area contributed by atoms with Crippen LogP contribution in [0.25, 0.3) is 0 Å². The first kappa shape index (κ1) is 14.4. The highest BCUT2D eigenvalue weighted by Crippen LogP contribution is 2.17. The van der Waals surface area contributed by atoms with Crippen LogP contribution >= 0.6 is 11.3 Å². The molecular formula is C13H20N2O3S. The standard InChI is InChI=1S/C13H20N2O3S/c1-4-12-14-10(8-19-12)6-15-5-9(2)18-11(7-15)13(16)17-3/h8-9,11H,4-7H2,1-3H3/t9-,11?/m1/s1. The molecule has 1 aliphatic heterocycles. The average Bonchev–Trinajstić information content (AvgIpc) is 2.84. The summed E-state index contributed by atoms with van der Waals surface area (Å²) in [5.74, 6) is -0.302. The summed E-state index contributed by atoms with van der Waals surface area (Å²) in [6.45, 7) is 6.22. The molecule has 0 saturated carbocycles. The van der Waals surface area contributed by atoms with Crippen LogP contribution in [0.3, 0.4) is 0 Å². The van der Waals surface area contributed by atoms with Crippen LogP contribution in [-0.2, 0) is 27.2 Å². The van der Waals surface area contributed by atoms with Gasteiger partial charge in [-0.1, -0.05) is 6.92 Å². The zero-order valence-electron chi connectivity index (χ0n) is 11.6. The van der Waals surface area contributed by atoms with Crippen molar-refractivity contribution in [1.82, 2.24) is 9.88 Å². The molecule has 19 heavy (non-hydrogen) atoms. The molecule has 0 aliphatic carbocycles. The summed E-state index contributed by atoms with van der Waals surface area (Å²) >= 11 is 1.69. The zero-order chi connectivity index (χ0) is 13.8. The molecule has 0 spiro atoms. The van der Waals surface area contributed by atoms with E-state index in [2.05, 4.69) is 22.2 Å². The molecule has 5 nitrogen and oxygen atoms in total. The Labute approximate surface area is 117 Å². The molecule has 0 bridgehead atoms. The van der Waals surface area contributed by atoms with Crippen LogP contribution in [0.1, 0.15) is 24.5 Å². The normalized spacial score (nSPS) is 24.4. The van der Waals surface area contributed by atoms with Crippen molar-refractivity contribution < 1.29 is 14.3 Å². The van der Waals surface area contributed by atoms with Crippen LogP contribution in [0.5, 0.6) is 0 Å². The third-order valence-electron chi connectivity index (χ3n) is 3.09. The Morgan fingerprint density at radius 2 is 2.42 bits per heavy atom. The van der Waals surface area contributed by atoms with E-state index in [-0.39, 0.29) is 12.1 Å². The summed E-state index contributed by atoms with van der Waals surface area (Å²) in [4.78, 5) is 18.3. The Morgan fingerprint density at radius 3 is 3.05 bits per heavy atom. The summed E-state index contributed by atoms with van der Waals surface area (Å²) in [7, 11) is 1.39. The fourth-order valence-electron chi connectivity index (χ4n) is 2.24. The number of aromatic nitrogens is 1. The summed E-state index contributed by atoms with van der Waals surface area (Å²) in [6, 6.07) is 0. The van der Waals surface area contributed by atoms with Crippen LogP contribution in [0.15, 0.2) is 5.38 Å². The van der Waals surface area contributed by atoms with Gasteiger partial charge in [-0.2, -0.15) is 0 Å². The van der Waals surface area contributed by atoms with Crippen LogP contribution in [0.2, 0.25) is 0 Å². The van der Waals surface area contributed by atoms with Gasteiger partial charge < -0.3 is 9.47 Å². The summed E-state index contributed by atoms with van der Waals surface area (Å²) in [5, 5.41) is 3.24. The van der Waals surface area contributed by atoms with Crippen molar-refractivity contribution in [3.05, 3.63) is 16.1 Å². The number of hydrogen-bond acceptors (Lipinski definition) is 6. The van der Waals surface area contributed by atoms with Crippen molar-refractivity contribution in [1.29, 1.82) is 0 Å². The number of hydrogen-bond donors (Lipinski definition) is 0. The maximum absolute atomic E-state index is 11.6. The lowest BCUT2D eigenvalue weighted by Gasteiger charge is -2.34. The molecule has 106 valence electrons. The van der Waals surface area contributed by atoms with Gasteiger partial charge in [-0.15, -0.1) is 11.3 Å². The minimum atomic E-state index is -0.488. The van der Waals surface area contributed by atoms with Crippen LogP contribution in [0, 0.1) is 0 Å². The lowest BCUT2D eigenvalue weighted by molar-refractivity contribution is -0.166. The van der Waals surface area contributed by atoms with Crippen molar-refractivity contribution in [3.63, 3.8) is 0 Å². The molecule has 0 N–H and O–H groups in total. The Hall–Kier alpha value is -0.980. The topological polar surface area (TPSA) is 51.7 Å². The summed E-state index contributed by atoms with van der Waals surface area (Å²) < 4.78 is 10.4. The van der Waals surface area contributed by atoms with E-state index in [0.717, 1.165) is 30.2 Å². The van der Waals surface area contributed by atoms with Crippen molar-refractivity contribution >= 4 is 17.3 Å². The SMILES string of the molecule is CCc1nc(CN2CC(C(=O)OC)O[C@H](C)C2)cs1. The van der Waals surface area contributed by atoms with Gasteiger partial charge >= 0.3 is 5.97 Å². The molecule has 1 aliphatic rings. The van der Waals surface area contributed by atoms with Crippen molar-refractivity contribution in [3.8, 4) is 0 Å². The second-order valence-electron chi connectivity index (χ2n) is 4.74. The van der Waals surface area contributed by atoms with E-state index in [9.17, 15) is 4.79 Å². The highest BCUT2D eigenvalue weighted by Gasteiger charge is 2.31. The summed E-state index contributed by atoms with van der Waals surface area (Å²) in [6.07, 6.45) is 0.509. The quantitative estimate of drug-likeness (QED) is 0.784. The van der Waals surface area contributed by atoms with Gasteiger partial charge in [-0.25, -0.2) is 9.78 Å². The molecule has 2 heterocycles. The van der Waals surface area contributed by atoms with Gasteiger partial charge in [0.25, 0.3) is 0 Å². The predicted molar refractivity (Wildman–Crippen MR) is 73.1 cm³/mol. The van der Waals surface area contributed by atoms with E-state index in [1.807, 2.05) is 6.92 Å². The average molecular weight is 284 g/mol. The largest absolute Gasteiger partial charge is 0.467 e. The Balaban J connectivity index is 1.97. The van der Waals surface area contributed by atoms with Crippen molar-refractivity contribution in [2.45, 2.75) is 39.0 Å². The second-order valence-corrected chi connectivity index (χ2v) is 5.68. The number of aryl methyl sites for hydroxylation is 1. The molecule has 1 fully saturated rings. The number of carbonyl (C=O) groups is 1. The van der Waals surface area contributed by atoms with Gasteiger partial charge in [0, 0.05) is 25.0 Å². The number of carbonyl (C=O) groups excluding carboxylic acids is 1. The first-order valence-electron chi connectivity index (χ1n) is 6.51. The molecule has 0 aromatic carbocycles. The van der Waals surface area contributed by atoms with Gasteiger partial charge in [-0.3, -0.25) is 4.90 Å². The molecule has 1 aromatic heterocycles. The number of methoxy groups -OCH3 is 1. The van der Waals surface area contributed by atoms with Crippen LogP contribution in [-0.4, -0.2) is 48.3 Å². The maximum atomic E-state index is 11.6. The molecule has 6 heteroatoms. The molecule has 0 amide bonds. The Kier molecular flexibility index (Phi) is 4.90. The van der Waals surface area contributed by atoms with Gasteiger partial charge in [0.15, 0.2) is 6.10 Å². The third kappa shape index (κ3) is 3.75. The van der Waals surface area contributed by atoms with E-state index >= 15 is 0 Å². The number of ether oxygens (including phenoxy) is 2. The van der Waals surface area contributed by atoms with Gasteiger partial charge in [-0.05, 0) is 13.3 Å². The number of esters is 1. The number of thiazole rings is 1. The van der Waals surface area contributed by atoms with Crippen LogP contribution in [0.4, 0.5) is 0 Å². The molecule has 1 unspecified atom stereocenters. The monoisotopic (exact) mass is 284 g/mol. The molecule has 2 atom stereocenters. The fraction of sp³-hybridized carbons (Fsp3) is 0.692. The lowest BCUT2D eigenvalue weighted by atomic mass is 10.2. The molecule has 1 aromatic rings. The summed E-state index contributed by atoms with van der Waals surface area (Å²) in [5.41, 5.74) is 1.07. The molecular weight excluding hydrogens is 264 g/mol. The van der Waals surface area contributed by atoms with Gasteiger partial charge in [0.1, 0.15) is 0 Å². The van der Waals surface area contributed by atoms with E-state index in [4.69, 9.17) is 9.47 Å². The highest BCUT2D eigenvalue weighted by molar-refractivity contribution is 7.09. The number of morpholine rings is 1. The Bertz CT molecular complexity index is 435. The van der Waals surface area contributed by atoms with Gasteiger partial charge in [0.2, 0.25) is 0 Å². The van der Waals surface area contributed by atoms with Crippen molar-refractivity contribution in [2.24, 2.45) is 0 Å². The smallest absolute Gasteiger partial charge is 0.336 e. The Morgan fingerprint density at radius 1 is 1.63 bits per heavy atom. The van der Waals surface area contributed by atoms with E-state index in [1.165, 1.54) is 7.11 Å². The first-order valence-corrected chi connectivity index (χ1v) is 7.39. The maximum Gasteiger partial charge on any atom is 0.336 e. The van der Waals surface area contributed by atoms with E-state index in [1.54, 1.807) is 11.3 Å². The van der Waals surface area contributed by atoms with Gasteiger partial charge in [0.05, 0.1) is 23.9 Å². The second kappa shape index (κ2) is 6.45. The first-order chi connectivity index (χ1) is 9.12. The molecule has 0 radical (unpaired) electrons. The van der Waals surface area contributed by atoms with Crippen molar-refractivity contribution in [2.75, 3.05) is 20.2 Å². The van der Waals surface area contributed by atoms with Crippen LogP contribution < -0.4 is 0 Å². The zero-order valence-corrected chi connectivity index (χ0v) is 12.4. The number of rotatable bonds is 4. The molecule has 1 saturated heterocycles. The lowest BCUT2D eigenvalue weighted by Crippen LogP contribution is -2.49. The fourth-order valence-corrected chi connectivity index (χ4v) is 2.98. The third-order valence-corrected chi connectivity index (χ3v) is 4.13. The van der Waals surface area contributed by atoms with E-state index < -0.39 is 6.10 Å². The number of nitrogens with zero attached hydrogens (tertiary/aromatic N) is 2. The predicted octanol–water partition coefficient (Wildman–Crippen LogP) is 1.47. The van der Waals surface area contributed by atoms with E-state index in [0.29, 0.717) is 6.54 Å². The highest BCUT2D eigenvalue weighted by atomic mass is 32.1. The minimum absolute atomic E-state index is 0.0298. The molecule has 2 rings (SSSR count). The minimum Gasteiger partial charge on any atom is -0.467 e.